The van der Waals surface area contributed by atoms with Crippen LogP contribution in [0, 0.1) is 0 Å². The third kappa shape index (κ3) is 4.16. The van der Waals surface area contributed by atoms with Crippen LogP contribution in [0.2, 0.25) is 0 Å². The van der Waals surface area contributed by atoms with Gasteiger partial charge in [0.25, 0.3) is 0 Å². The second-order valence-corrected chi connectivity index (χ2v) is 4.16. The van der Waals surface area contributed by atoms with Crippen LogP contribution in [-0.2, 0) is 9.53 Å². The number of aliphatic carboxylic acids is 1. The molecule has 1 atom stereocenters. The van der Waals surface area contributed by atoms with E-state index in [2.05, 4.69) is 0 Å². The molecule has 1 fully saturated rings. The lowest BCUT2D eigenvalue weighted by Gasteiger charge is -2.37. The summed E-state index contributed by atoms with van der Waals surface area (Å²) in [6.45, 7) is 0.847. The third-order valence-electron chi connectivity index (χ3n) is 3.00. The lowest BCUT2D eigenvalue weighted by molar-refractivity contribution is -0.195. The Morgan fingerprint density at radius 1 is 1.47 bits per heavy atom. The fraction of sp³-hybridized carbons (Fsp3) is 0.900. The summed E-state index contributed by atoms with van der Waals surface area (Å²) in [5.74, 6) is -1.44. The van der Waals surface area contributed by atoms with Gasteiger partial charge in [0.15, 0.2) is 0 Å². The van der Waals surface area contributed by atoms with Gasteiger partial charge in [-0.3, -0.25) is 9.69 Å². The number of alkyl halides is 3. The van der Waals surface area contributed by atoms with E-state index in [9.17, 15) is 18.0 Å². The minimum atomic E-state index is -4.52. The van der Waals surface area contributed by atoms with E-state index in [1.165, 1.54) is 7.05 Å². The van der Waals surface area contributed by atoms with Crippen molar-refractivity contribution in [2.75, 3.05) is 20.3 Å². The Morgan fingerprint density at radius 2 is 2.00 bits per heavy atom. The standard InChI is InChI=1S/C10H16F3NO3/c1-14(7-2-4-17-5-3-7)8(6-9(15)16)10(11,12)13/h7-8H,2-6H2,1H3,(H,15,16). The van der Waals surface area contributed by atoms with E-state index in [0.717, 1.165) is 4.90 Å². The number of hydrogen-bond donors (Lipinski definition) is 1. The Bertz CT molecular complexity index is 264. The molecule has 0 spiro atoms. The quantitative estimate of drug-likeness (QED) is 0.827. The lowest BCUT2D eigenvalue weighted by Crippen LogP contribution is -2.51. The first-order valence-corrected chi connectivity index (χ1v) is 5.40. The molecule has 4 nitrogen and oxygen atoms in total. The number of rotatable bonds is 4. The van der Waals surface area contributed by atoms with Crippen LogP contribution in [0.3, 0.4) is 0 Å². The number of carboxylic acid groups (broad SMARTS) is 1. The topological polar surface area (TPSA) is 49.8 Å². The molecule has 1 saturated heterocycles. The maximum Gasteiger partial charge on any atom is 0.404 e. The average Bonchev–Trinajstić information content (AvgIpc) is 2.24. The molecule has 0 aliphatic carbocycles. The molecule has 100 valence electrons. The van der Waals surface area contributed by atoms with Crippen molar-refractivity contribution >= 4 is 5.97 Å². The van der Waals surface area contributed by atoms with E-state index in [0.29, 0.717) is 26.1 Å². The van der Waals surface area contributed by atoms with E-state index in [4.69, 9.17) is 9.84 Å². The first kappa shape index (κ1) is 14.2. The highest BCUT2D eigenvalue weighted by Gasteiger charge is 2.45. The highest BCUT2D eigenvalue weighted by Crippen LogP contribution is 2.29. The number of nitrogens with zero attached hydrogens (tertiary/aromatic N) is 1. The number of ether oxygens (including phenoxy) is 1. The summed E-state index contributed by atoms with van der Waals surface area (Å²) in [5, 5.41) is 8.54. The molecule has 0 bridgehead atoms. The van der Waals surface area contributed by atoms with E-state index >= 15 is 0 Å². The van der Waals surface area contributed by atoms with Crippen LogP contribution >= 0.6 is 0 Å². The highest BCUT2D eigenvalue weighted by atomic mass is 19.4. The SMILES string of the molecule is CN(C1CCOCC1)C(CC(=O)O)C(F)(F)F. The molecule has 0 aromatic rings. The van der Waals surface area contributed by atoms with Crippen molar-refractivity contribution in [1.82, 2.24) is 4.90 Å². The van der Waals surface area contributed by atoms with E-state index < -0.39 is 24.6 Å². The van der Waals surface area contributed by atoms with Gasteiger partial charge >= 0.3 is 12.1 Å². The minimum Gasteiger partial charge on any atom is -0.481 e. The predicted molar refractivity (Wildman–Crippen MR) is 53.7 cm³/mol. The van der Waals surface area contributed by atoms with Crippen LogP contribution < -0.4 is 0 Å². The molecule has 0 radical (unpaired) electrons. The largest absolute Gasteiger partial charge is 0.481 e. The number of carboxylic acids is 1. The Balaban J connectivity index is 2.70. The number of carbonyl (C=O) groups is 1. The van der Waals surface area contributed by atoms with Gasteiger partial charge in [0.1, 0.15) is 6.04 Å². The summed E-state index contributed by atoms with van der Waals surface area (Å²) >= 11 is 0. The van der Waals surface area contributed by atoms with Crippen molar-refractivity contribution in [2.45, 2.75) is 37.5 Å². The van der Waals surface area contributed by atoms with Gasteiger partial charge in [-0.1, -0.05) is 0 Å². The summed E-state index contributed by atoms with van der Waals surface area (Å²) in [6, 6.07) is -2.20. The van der Waals surface area contributed by atoms with Crippen molar-refractivity contribution < 1.29 is 27.8 Å². The van der Waals surface area contributed by atoms with Crippen LogP contribution in [0.1, 0.15) is 19.3 Å². The average molecular weight is 255 g/mol. The second kappa shape index (κ2) is 5.68. The summed E-state index contributed by atoms with van der Waals surface area (Å²) in [5.41, 5.74) is 0. The van der Waals surface area contributed by atoms with E-state index in [1.54, 1.807) is 0 Å². The minimum absolute atomic E-state index is 0.269. The van der Waals surface area contributed by atoms with E-state index in [1.807, 2.05) is 0 Å². The molecule has 7 heteroatoms. The van der Waals surface area contributed by atoms with Crippen LogP contribution in [-0.4, -0.2) is 54.5 Å². The molecule has 0 aromatic carbocycles. The first-order valence-electron chi connectivity index (χ1n) is 5.40. The Hall–Kier alpha value is -0.820. The van der Waals surface area contributed by atoms with E-state index in [-0.39, 0.29) is 6.04 Å². The lowest BCUT2D eigenvalue weighted by atomic mass is 10.0. The summed E-state index contributed by atoms with van der Waals surface area (Å²) in [7, 11) is 1.33. The molecule has 1 heterocycles. The van der Waals surface area contributed by atoms with Crippen molar-refractivity contribution in [3.05, 3.63) is 0 Å². The van der Waals surface area contributed by atoms with Gasteiger partial charge in [-0.05, 0) is 19.9 Å². The fourth-order valence-corrected chi connectivity index (χ4v) is 2.00. The first-order chi connectivity index (χ1) is 7.82. The van der Waals surface area contributed by atoms with Crippen LogP contribution in [0.5, 0.6) is 0 Å². The maximum absolute atomic E-state index is 12.7. The zero-order chi connectivity index (χ0) is 13.1. The van der Waals surface area contributed by atoms with Crippen molar-refractivity contribution in [2.24, 2.45) is 0 Å². The third-order valence-corrected chi connectivity index (χ3v) is 3.00. The maximum atomic E-state index is 12.7. The van der Waals surface area contributed by atoms with Gasteiger partial charge in [-0.25, -0.2) is 0 Å². The molecule has 1 rings (SSSR count). The molecule has 1 aliphatic rings. The fourth-order valence-electron chi connectivity index (χ4n) is 2.00. The Labute approximate surface area is 97.3 Å². The van der Waals surface area contributed by atoms with Gasteiger partial charge in [0.05, 0.1) is 6.42 Å². The molecule has 0 amide bonds. The van der Waals surface area contributed by atoms with Crippen molar-refractivity contribution in [3.8, 4) is 0 Å². The normalized spacial score (nSPS) is 20.5. The summed E-state index contributed by atoms with van der Waals surface area (Å²) in [4.78, 5) is 11.6. The monoisotopic (exact) mass is 255 g/mol. The highest BCUT2D eigenvalue weighted by molar-refractivity contribution is 5.67. The second-order valence-electron chi connectivity index (χ2n) is 4.16. The molecule has 0 aromatic heterocycles. The molecule has 0 saturated carbocycles. The Morgan fingerprint density at radius 3 is 2.41 bits per heavy atom. The van der Waals surface area contributed by atoms with Crippen LogP contribution in [0.15, 0.2) is 0 Å². The zero-order valence-electron chi connectivity index (χ0n) is 9.54. The summed E-state index contributed by atoms with van der Waals surface area (Å²) in [6.07, 6.45) is -4.44. The van der Waals surface area contributed by atoms with Gasteiger partial charge in [0.2, 0.25) is 0 Å². The van der Waals surface area contributed by atoms with Gasteiger partial charge in [-0.15, -0.1) is 0 Å². The zero-order valence-corrected chi connectivity index (χ0v) is 9.54. The predicted octanol–water partition coefficient (Wildman–Crippen LogP) is 1.50. The van der Waals surface area contributed by atoms with Gasteiger partial charge in [-0.2, -0.15) is 13.2 Å². The molecule has 1 N–H and O–H groups in total. The molecular weight excluding hydrogens is 239 g/mol. The molecule has 17 heavy (non-hydrogen) atoms. The number of hydrogen-bond acceptors (Lipinski definition) is 3. The van der Waals surface area contributed by atoms with Gasteiger partial charge < -0.3 is 9.84 Å². The summed E-state index contributed by atoms with van der Waals surface area (Å²) < 4.78 is 43.3. The van der Waals surface area contributed by atoms with Crippen molar-refractivity contribution in [3.63, 3.8) is 0 Å². The molecular formula is C10H16F3NO3. The molecule has 1 unspecified atom stereocenters. The van der Waals surface area contributed by atoms with Crippen LogP contribution in [0.25, 0.3) is 0 Å². The van der Waals surface area contributed by atoms with Crippen molar-refractivity contribution in [1.29, 1.82) is 0 Å². The van der Waals surface area contributed by atoms with Gasteiger partial charge in [0, 0.05) is 19.3 Å². The Kier molecular flexibility index (Phi) is 4.76. The molecule has 1 aliphatic heterocycles. The van der Waals surface area contributed by atoms with Crippen LogP contribution in [0.4, 0.5) is 13.2 Å². The number of halogens is 3. The smallest absolute Gasteiger partial charge is 0.404 e.